The summed E-state index contributed by atoms with van der Waals surface area (Å²) in [5.74, 6) is 0. The molecule has 6 heteroatoms. The maximum Gasteiger partial charge on any atom is 1.00 e. The predicted molar refractivity (Wildman–Crippen MR) is 99.8 cm³/mol. The van der Waals surface area contributed by atoms with E-state index in [4.69, 9.17) is 0 Å². The first-order chi connectivity index (χ1) is 11.0. The monoisotopic (exact) mass is 383 g/mol. The van der Waals surface area contributed by atoms with Crippen molar-refractivity contribution < 1.29 is 54.8 Å². The van der Waals surface area contributed by atoms with Crippen molar-refractivity contribution in [2.75, 3.05) is 61.4 Å². The largest absolute Gasteiger partial charge is 1.00 e. The Hall–Kier alpha value is 1.59. The van der Waals surface area contributed by atoms with Gasteiger partial charge in [-0.15, -0.1) is 0 Å². The van der Waals surface area contributed by atoms with Crippen molar-refractivity contribution in [2.24, 2.45) is 0 Å². The quantitative estimate of drug-likeness (QED) is 0.343. The third-order valence-electron chi connectivity index (χ3n) is 2.96. The van der Waals surface area contributed by atoms with Crippen LogP contribution in [0.15, 0.2) is 0 Å². The van der Waals surface area contributed by atoms with Crippen LogP contribution in [0.5, 0.6) is 0 Å². The summed E-state index contributed by atoms with van der Waals surface area (Å²) >= 11 is 0. The summed E-state index contributed by atoms with van der Waals surface area (Å²) in [4.78, 5) is 6.79. The normalized spacial score (nSPS) is 15.7. The molecule has 2 aliphatic rings. The third-order valence-corrected chi connectivity index (χ3v) is 2.96. The number of hydrogen-bond donors (Lipinski definition) is 0. The van der Waals surface area contributed by atoms with Crippen molar-refractivity contribution in [1.29, 1.82) is 0 Å². The fourth-order valence-electron chi connectivity index (χ4n) is 1.47. The molecule has 0 bridgehead atoms. The van der Waals surface area contributed by atoms with Crippen LogP contribution < -0.4 is 37.7 Å². The van der Waals surface area contributed by atoms with Gasteiger partial charge >= 0.3 is 37.7 Å². The summed E-state index contributed by atoms with van der Waals surface area (Å²) in [5.41, 5.74) is 0. The fraction of sp³-hybridized carbons (Fsp3) is 0.450. The van der Waals surface area contributed by atoms with Gasteiger partial charge in [-0.3, -0.25) is 0 Å². The molecule has 3 nitrogen and oxygen atoms in total. The van der Waals surface area contributed by atoms with Crippen LogP contribution in [0.4, 0.5) is 0 Å². The molecule has 0 aliphatic heterocycles. The molecule has 12 radical (unpaired) electrons. The molecule has 2 rings (SSSR count). The van der Waals surface area contributed by atoms with Gasteiger partial charge in [-0.05, 0) is 41.7 Å². The second-order valence-corrected chi connectivity index (χ2v) is 5.87. The smallest absolute Gasteiger partial charge is 0.474 e. The van der Waals surface area contributed by atoms with Gasteiger partial charge in [0, 0.05) is 43.2 Å². The summed E-state index contributed by atoms with van der Waals surface area (Å²) in [5, 5.41) is 0. The zero-order valence-electron chi connectivity index (χ0n) is 17.7. The summed E-state index contributed by atoms with van der Waals surface area (Å²) in [6.45, 7) is 4.59. The molecule has 2 aliphatic carbocycles. The number of rotatable bonds is 6. The van der Waals surface area contributed by atoms with Crippen LogP contribution in [-0.2, 0) is 17.1 Å². The van der Waals surface area contributed by atoms with Crippen molar-refractivity contribution in [3.05, 3.63) is 70.6 Å². The van der Waals surface area contributed by atoms with Crippen LogP contribution in [0, 0.1) is 70.6 Å². The number of likely N-dealkylation sites (N-methyl/N-ethyl adjacent to an activating group) is 3. The Morgan fingerprint density at radius 2 is 0.846 bits per heavy atom. The topological polar surface area (TPSA) is 9.72 Å². The van der Waals surface area contributed by atoms with Gasteiger partial charge in [0.15, 0.2) is 0 Å². The molecule has 26 heavy (non-hydrogen) atoms. The van der Waals surface area contributed by atoms with Crippen LogP contribution in [0.25, 0.3) is 0 Å². The molecule has 0 unspecified atom stereocenters. The Morgan fingerprint density at radius 3 is 1.04 bits per heavy atom. The van der Waals surface area contributed by atoms with Gasteiger partial charge in [-0.1, -0.05) is 25.7 Å². The first kappa shape index (κ1) is 35.1. The minimum absolute atomic E-state index is 0. The first-order valence-corrected chi connectivity index (χ1v) is 7.99. The van der Waals surface area contributed by atoms with E-state index >= 15 is 0 Å². The average molecular weight is 383 g/mol. The molecule has 0 heterocycles. The van der Waals surface area contributed by atoms with E-state index in [0.29, 0.717) is 0 Å². The van der Waals surface area contributed by atoms with E-state index in [1.165, 1.54) is 0 Å². The molecule has 0 spiro atoms. The van der Waals surface area contributed by atoms with Crippen molar-refractivity contribution in [3.63, 3.8) is 0 Å². The number of nitrogens with zero attached hydrogens (tertiary/aromatic N) is 3. The minimum atomic E-state index is 0. The molecule has 0 N–H and O–H groups in total. The van der Waals surface area contributed by atoms with Gasteiger partial charge in [0.1, 0.15) is 0 Å². The molecule has 0 aromatic rings. The Kier molecular flexibility index (Phi) is 35.9. The van der Waals surface area contributed by atoms with E-state index in [2.05, 4.69) is 62.8 Å². The second-order valence-electron chi connectivity index (χ2n) is 5.87. The maximum atomic E-state index is 2.89. The second kappa shape index (κ2) is 26.6. The molecule has 136 valence electrons. The van der Waals surface area contributed by atoms with E-state index in [0.717, 1.165) is 26.2 Å². The third kappa shape index (κ3) is 30.3. The minimum Gasteiger partial charge on any atom is -0.474 e. The predicted octanol–water partition coefficient (Wildman–Crippen LogP) is -3.95. The summed E-state index contributed by atoms with van der Waals surface area (Å²) in [6, 6.07) is 0. The van der Waals surface area contributed by atoms with Gasteiger partial charge in [0.25, 0.3) is 0 Å². The summed E-state index contributed by atoms with van der Waals surface area (Å²) in [7, 11) is 10.6. The van der Waals surface area contributed by atoms with Gasteiger partial charge in [0.05, 0.1) is 0 Å². The zero-order chi connectivity index (χ0) is 17.3. The van der Waals surface area contributed by atoms with E-state index < -0.39 is 0 Å². The SMILES string of the molecule is CN(C)CCN(C)CCN(C)C.[C-]1[CH][CH][CH][CH]1.[C-]1[CH][CH][CH][CH][CH]1.[Li+].[Li+].[Mn]. The Labute approximate surface area is 200 Å². The summed E-state index contributed by atoms with van der Waals surface area (Å²) in [6.07, 6.45) is 23.0. The maximum absolute atomic E-state index is 2.89. The van der Waals surface area contributed by atoms with Gasteiger partial charge in [-0.2, -0.15) is 0 Å². The molecule has 2 fully saturated rings. The standard InChI is InChI=1S/C9H23N3.C6H5.C5H4.2Li.Mn/c1-10(2)6-8-12(5)9-7-11(3)4;1-2-4-6-5-3-1;1-2-4-5-3-1;;;/h6-9H2,1-5H3;1-5H;1-4H;;;/q;2*-1;2*+1;. The van der Waals surface area contributed by atoms with Crippen LogP contribution in [-0.4, -0.2) is 76.1 Å². The van der Waals surface area contributed by atoms with Gasteiger partial charge in [-0.25, -0.2) is 25.7 Å². The molecule has 2 saturated carbocycles. The molecule has 0 atom stereocenters. The van der Waals surface area contributed by atoms with Gasteiger partial charge in [0.2, 0.25) is 0 Å². The van der Waals surface area contributed by atoms with Crippen molar-refractivity contribution in [2.45, 2.75) is 0 Å². The zero-order valence-corrected chi connectivity index (χ0v) is 18.9. The van der Waals surface area contributed by atoms with Crippen LogP contribution in [0.3, 0.4) is 0 Å². The Balaban J connectivity index is -0.000000146. The molecular formula is C20H32Li2MnN3. The molecule has 0 aromatic heterocycles. The molecule has 0 amide bonds. The Morgan fingerprint density at radius 1 is 0.538 bits per heavy atom. The van der Waals surface area contributed by atoms with Crippen molar-refractivity contribution in [1.82, 2.24) is 14.7 Å². The fourth-order valence-corrected chi connectivity index (χ4v) is 1.47. The van der Waals surface area contributed by atoms with E-state index in [1.807, 2.05) is 57.8 Å². The number of hydrogen-bond acceptors (Lipinski definition) is 3. The van der Waals surface area contributed by atoms with E-state index in [-0.39, 0.29) is 54.8 Å². The van der Waals surface area contributed by atoms with Crippen LogP contribution >= 0.6 is 0 Å². The van der Waals surface area contributed by atoms with E-state index in [1.54, 1.807) is 0 Å². The summed E-state index contributed by atoms with van der Waals surface area (Å²) < 4.78 is 0. The molecule has 0 aromatic carbocycles. The first-order valence-electron chi connectivity index (χ1n) is 7.99. The molecular weight excluding hydrogens is 351 g/mol. The van der Waals surface area contributed by atoms with E-state index in [9.17, 15) is 0 Å². The van der Waals surface area contributed by atoms with Gasteiger partial charge < -0.3 is 27.5 Å². The molecule has 0 saturated heterocycles. The van der Waals surface area contributed by atoms with Crippen LogP contribution in [0.1, 0.15) is 0 Å². The average Bonchev–Trinajstić information content (AvgIpc) is 3.13. The Bertz CT molecular complexity index is 206. The van der Waals surface area contributed by atoms with Crippen LogP contribution in [0.2, 0.25) is 0 Å². The van der Waals surface area contributed by atoms with Crippen molar-refractivity contribution in [3.8, 4) is 0 Å². The van der Waals surface area contributed by atoms with Crippen molar-refractivity contribution >= 4 is 0 Å².